The van der Waals surface area contributed by atoms with Crippen molar-refractivity contribution in [1.29, 1.82) is 0 Å². The second-order valence-corrected chi connectivity index (χ2v) is 5.53. The van der Waals surface area contributed by atoms with Crippen molar-refractivity contribution in [3.8, 4) is 0 Å². The van der Waals surface area contributed by atoms with Crippen molar-refractivity contribution < 1.29 is 24.5 Å². The Labute approximate surface area is 131 Å². The molecule has 0 aromatic heterocycles. The molecule has 1 aliphatic heterocycles. The lowest BCUT2D eigenvalue weighted by molar-refractivity contribution is -0.156. The molecule has 5 heteroatoms. The molecule has 1 heterocycles. The van der Waals surface area contributed by atoms with Crippen molar-refractivity contribution in [3.05, 3.63) is 35.9 Å². The Balaban J connectivity index is 0.000000295. The molecule has 1 saturated heterocycles. The van der Waals surface area contributed by atoms with Crippen molar-refractivity contribution >= 4 is 5.97 Å². The first-order valence-electron chi connectivity index (χ1n) is 7.67. The van der Waals surface area contributed by atoms with Crippen molar-refractivity contribution in [2.75, 3.05) is 13.2 Å². The molecule has 1 aromatic carbocycles. The number of rotatable bonds is 6. The number of ether oxygens (including phenoxy) is 2. The quantitative estimate of drug-likeness (QED) is 0.844. The van der Waals surface area contributed by atoms with Gasteiger partial charge in [-0.3, -0.25) is 4.79 Å². The van der Waals surface area contributed by atoms with Gasteiger partial charge in [0.2, 0.25) is 0 Å². The first kappa shape index (κ1) is 18.6. The van der Waals surface area contributed by atoms with E-state index in [-0.39, 0.29) is 12.7 Å². The third-order valence-corrected chi connectivity index (χ3v) is 3.31. The molecular weight excluding hydrogens is 284 g/mol. The van der Waals surface area contributed by atoms with Crippen molar-refractivity contribution in [2.45, 2.75) is 51.4 Å². The summed E-state index contributed by atoms with van der Waals surface area (Å²) in [7, 11) is 0. The van der Waals surface area contributed by atoms with Crippen LogP contribution in [0, 0.1) is 0 Å². The van der Waals surface area contributed by atoms with Gasteiger partial charge in [0.1, 0.15) is 6.10 Å². The molecule has 0 radical (unpaired) electrons. The van der Waals surface area contributed by atoms with Crippen LogP contribution in [0.5, 0.6) is 0 Å². The summed E-state index contributed by atoms with van der Waals surface area (Å²) >= 11 is 0. The molecule has 2 rings (SSSR count). The van der Waals surface area contributed by atoms with Gasteiger partial charge in [0.25, 0.3) is 0 Å². The van der Waals surface area contributed by atoms with E-state index in [0.29, 0.717) is 19.4 Å². The maximum atomic E-state index is 9.76. The van der Waals surface area contributed by atoms with Gasteiger partial charge in [-0.1, -0.05) is 43.7 Å². The van der Waals surface area contributed by atoms with Crippen LogP contribution >= 0.6 is 0 Å². The predicted molar refractivity (Wildman–Crippen MR) is 83.6 cm³/mol. The standard InChI is InChI=1S/C12H16O3.C5H10O2/c1-12(14-9-11(8-13)15-12)7-10-5-3-2-4-6-10;1-2-3-4-5(6)7/h2-6,11,13H,7-9H2,1H3;2-4H2,1H3,(H,6,7). The van der Waals surface area contributed by atoms with Gasteiger partial charge in [-0.15, -0.1) is 0 Å². The van der Waals surface area contributed by atoms with E-state index < -0.39 is 11.8 Å². The molecule has 0 amide bonds. The summed E-state index contributed by atoms with van der Waals surface area (Å²) in [6.45, 7) is 4.38. The van der Waals surface area contributed by atoms with Crippen molar-refractivity contribution in [1.82, 2.24) is 0 Å². The second-order valence-electron chi connectivity index (χ2n) is 5.53. The summed E-state index contributed by atoms with van der Waals surface area (Å²) < 4.78 is 11.2. The summed E-state index contributed by atoms with van der Waals surface area (Å²) in [5, 5.41) is 17.0. The predicted octanol–water partition coefficient (Wildman–Crippen LogP) is 2.61. The Kier molecular flexibility index (Phi) is 8.09. The van der Waals surface area contributed by atoms with E-state index in [2.05, 4.69) is 0 Å². The molecule has 1 aliphatic rings. The number of aliphatic hydroxyl groups is 1. The molecule has 2 atom stereocenters. The highest BCUT2D eigenvalue weighted by Crippen LogP contribution is 2.26. The average Bonchev–Trinajstić information content (AvgIpc) is 2.88. The fourth-order valence-corrected chi connectivity index (χ4v) is 2.17. The molecular formula is C17H26O5. The number of hydrogen-bond donors (Lipinski definition) is 2. The summed E-state index contributed by atoms with van der Waals surface area (Å²) in [6.07, 6.45) is 2.61. The van der Waals surface area contributed by atoms with Crippen molar-refractivity contribution in [3.63, 3.8) is 0 Å². The van der Waals surface area contributed by atoms with Gasteiger partial charge in [-0.25, -0.2) is 0 Å². The maximum Gasteiger partial charge on any atom is 0.303 e. The van der Waals surface area contributed by atoms with E-state index in [9.17, 15) is 4.79 Å². The van der Waals surface area contributed by atoms with Crippen LogP contribution < -0.4 is 0 Å². The molecule has 2 N–H and O–H groups in total. The number of carbonyl (C=O) groups is 1. The van der Waals surface area contributed by atoms with E-state index in [4.69, 9.17) is 19.7 Å². The lowest BCUT2D eigenvalue weighted by Gasteiger charge is -2.23. The van der Waals surface area contributed by atoms with Gasteiger partial charge in [0.15, 0.2) is 5.79 Å². The number of aliphatic carboxylic acids is 1. The third kappa shape index (κ3) is 7.02. The highest BCUT2D eigenvalue weighted by Gasteiger charge is 2.36. The summed E-state index contributed by atoms with van der Waals surface area (Å²) in [5.74, 6) is -1.28. The number of hydrogen-bond acceptors (Lipinski definition) is 4. The topological polar surface area (TPSA) is 76.0 Å². The molecule has 1 fully saturated rings. The van der Waals surface area contributed by atoms with Crippen LogP contribution in [0.2, 0.25) is 0 Å². The highest BCUT2D eigenvalue weighted by atomic mass is 16.7. The Morgan fingerprint density at radius 3 is 2.50 bits per heavy atom. The number of carboxylic acid groups (broad SMARTS) is 1. The van der Waals surface area contributed by atoms with Crippen molar-refractivity contribution in [2.24, 2.45) is 0 Å². The Morgan fingerprint density at radius 2 is 2.05 bits per heavy atom. The molecule has 0 aliphatic carbocycles. The van der Waals surface area contributed by atoms with E-state index in [1.165, 1.54) is 5.56 Å². The average molecular weight is 310 g/mol. The normalized spacial score (nSPS) is 23.7. The molecule has 124 valence electrons. The largest absolute Gasteiger partial charge is 0.481 e. The number of unbranched alkanes of at least 4 members (excludes halogenated alkanes) is 1. The fourth-order valence-electron chi connectivity index (χ4n) is 2.17. The molecule has 0 bridgehead atoms. The fraction of sp³-hybridized carbons (Fsp3) is 0.588. The monoisotopic (exact) mass is 310 g/mol. The minimum atomic E-state index is -0.693. The molecule has 0 spiro atoms. The van der Waals surface area contributed by atoms with Gasteiger partial charge < -0.3 is 19.7 Å². The Bertz CT molecular complexity index is 434. The van der Waals surface area contributed by atoms with Gasteiger partial charge >= 0.3 is 5.97 Å². The van der Waals surface area contributed by atoms with Crippen LogP contribution in [0.1, 0.15) is 38.7 Å². The minimum Gasteiger partial charge on any atom is -0.481 e. The molecule has 22 heavy (non-hydrogen) atoms. The molecule has 5 nitrogen and oxygen atoms in total. The Morgan fingerprint density at radius 1 is 1.36 bits per heavy atom. The highest BCUT2D eigenvalue weighted by molar-refractivity contribution is 5.66. The zero-order valence-corrected chi connectivity index (χ0v) is 13.3. The summed E-state index contributed by atoms with van der Waals surface area (Å²) in [6, 6.07) is 10.1. The minimum absolute atomic E-state index is 0.0182. The number of benzene rings is 1. The van der Waals surface area contributed by atoms with Crippen LogP contribution in [0.3, 0.4) is 0 Å². The first-order chi connectivity index (χ1) is 10.5. The van der Waals surface area contributed by atoms with Crippen LogP contribution in [-0.4, -0.2) is 41.3 Å². The van der Waals surface area contributed by atoms with Crippen LogP contribution in [-0.2, 0) is 20.7 Å². The summed E-state index contributed by atoms with van der Waals surface area (Å²) in [4.78, 5) is 9.76. The van der Waals surface area contributed by atoms with Crippen LogP contribution in [0.4, 0.5) is 0 Å². The van der Waals surface area contributed by atoms with E-state index in [1.54, 1.807) is 0 Å². The van der Waals surface area contributed by atoms with Gasteiger partial charge in [0, 0.05) is 12.8 Å². The maximum absolute atomic E-state index is 9.76. The second kappa shape index (κ2) is 9.56. The van der Waals surface area contributed by atoms with E-state index >= 15 is 0 Å². The van der Waals surface area contributed by atoms with Gasteiger partial charge in [-0.2, -0.15) is 0 Å². The number of carboxylic acids is 1. The van der Waals surface area contributed by atoms with Gasteiger partial charge in [-0.05, 0) is 18.9 Å². The Hall–Kier alpha value is -1.43. The lowest BCUT2D eigenvalue weighted by Crippen LogP contribution is -2.30. The summed E-state index contributed by atoms with van der Waals surface area (Å²) in [5.41, 5.74) is 1.18. The third-order valence-electron chi connectivity index (χ3n) is 3.31. The molecule has 2 unspecified atom stereocenters. The van der Waals surface area contributed by atoms with E-state index in [1.807, 2.05) is 44.2 Å². The molecule has 0 saturated carbocycles. The smallest absolute Gasteiger partial charge is 0.303 e. The van der Waals surface area contributed by atoms with Crippen LogP contribution in [0.15, 0.2) is 30.3 Å². The zero-order valence-electron chi connectivity index (χ0n) is 13.3. The zero-order chi connectivity index (χ0) is 16.4. The SMILES string of the molecule is CC1(Cc2ccccc2)OCC(CO)O1.CCCCC(=O)O. The lowest BCUT2D eigenvalue weighted by atomic mass is 10.1. The molecule has 1 aromatic rings. The van der Waals surface area contributed by atoms with E-state index in [0.717, 1.165) is 12.8 Å². The number of aliphatic hydroxyl groups excluding tert-OH is 1. The first-order valence-corrected chi connectivity index (χ1v) is 7.67. The van der Waals surface area contributed by atoms with Crippen LogP contribution in [0.25, 0.3) is 0 Å². The van der Waals surface area contributed by atoms with Gasteiger partial charge in [0.05, 0.1) is 13.2 Å².